The zero-order chi connectivity index (χ0) is 23.3. The number of ether oxygens (including phenoxy) is 1. The molecule has 0 saturated heterocycles. The van der Waals surface area contributed by atoms with Gasteiger partial charge in [0, 0.05) is 5.02 Å². The molecular weight excluding hydrogens is 475 g/mol. The smallest absolute Gasteiger partial charge is 0.338 e. The van der Waals surface area contributed by atoms with Crippen LogP contribution in [0, 0.1) is 0 Å². The summed E-state index contributed by atoms with van der Waals surface area (Å²) in [6.45, 7) is -0.580. The van der Waals surface area contributed by atoms with Crippen LogP contribution in [0.3, 0.4) is 0 Å². The fourth-order valence-corrected chi connectivity index (χ4v) is 4.12. The molecule has 32 heavy (non-hydrogen) atoms. The topological polar surface area (TPSA) is 116 Å². The molecule has 3 N–H and O–H groups in total. The Balaban J connectivity index is 1.72. The van der Waals surface area contributed by atoms with E-state index in [1.165, 1.54) is 12.1 Å². The van der Waals surface area contributed by atoms with Gasteiger partial charge in [-0.1, -0.05) is 65.7 Å². The van der Waals surface area contributed by atoms with E-state index in [-0.39, 0.29) is 10.6 Å². The third kappa shape index (κ3) is 6.08. The molecule has 0 saturated carbocycles. The molecule has 0 radical (unpaired) electrons. The number of primary sulfonamides is 1. The molecule has 0 aliphatic heterocycles. The number of sulfonamides is 1. The SMILES string of the molecule is NS(=O)(=O)c1cc(C(=O)OCC(=O)NC(c2ccccc2)c2ccc(Cl)cc2)ccc1Cl. The molecule has 0 aliphatic rings. The van der Waals surface area contributed by atoms with Crippen LogP contribution in [0.25, 0.3) is 0 Å². The van der Waals surface area contributed by atoms with Gasteiger partial charge >= 0.3 is 5.97 Å². The summed E-state index contributed by atoms with van der Waals surface area (Å²) in [5, 5.41) is 8.34. The number of benzene rings is 3. The van der Waals surface area contributed by atoms with Crippen molar-refractivity contribution in [3.63, 3.8) is 0 Å². The van der Waals surface area contributed by atoms with E-state index < -0.39 is 39.4 Å². The van der Waals surface area contributed by atoms with Crippen LogP contribution in [0.2, 0.25) is 10.0 Å². The molecule has 166 valence electrons. The van der Waals surface area contributed by atoms with Crippen LogP contribution < -0.4 is 10.5 Å². The molecule has 7 nitrogen and oxygen atoms in total. The number of amides is 1. The first-order valence-electron chi connectivity index (χ1n) is 9.24. The van der Waals surface area contributed by atoms with Crippen molar-refractivity contribution in [2.24, 2.45) is 5.14 Å². The maximum Gasteiger partial charge on any atom is 0.338 e. The first-order valence-corrected chi connectivity index (χ1v) is 11.5. The van der Waals surface area contributed by atoms with E-state index in [1.54, 1.807) is 24.3 Å². The van der Waals surface area contributed by atoms with Gasteiger partial charge in [0.1, 0.15) is 4.90 Å². The molecular formula is C22H18Cl2N2O5S. The van der Waals surface area contributed by atoms with Gasteiger partial charge in [-0.15, -0.1) is 0 Å². The van der Waals surface area contributed by atoms with Gasteiger partial charge in [0.05, 0.1) is 16.6 Å². The minimum absolute atomic E-state index is 0.108. The van der Waals surface area contributed by atoms with Crippen LogP contribution >= 0.6 is 23.2 Å². The molecule has 0 aliphatic carbocycles. The lowest BCUT2D eigenvalue weighted by Gasteiger charge is -2.20. The van der Waals surface area contributed by atoms with Crippen molar-refractivity contribution in [2.75, 3.05) is 6.61 Å². The molecule has 0 bridgehead atoms. The molecule has 1 atom stereocenters. The Hall–Kier alpha value is -2.91. The maximum atomic E-state index is 12.5. The molecule has 0 spiro atoms. The van der Waals surface area contributed by atoms with Crippen LogP contribution in [0.5, 0.6) is 0 Å². The summed E-state index contributed by atoms with van der Waals surface area (Å²) >= 11 is 11.8. The standard InChI is InChI=1S/C22H18Cl2N2O5S/c23-17-9-6-15(7-10-17)21(14-4-2-1-3-5-14)26-20(27)13-31-22(28)16-8-11-18(24)19(12-16)32(25,29)30/h1-12,21H,13H2,(H,26,27)(H2,25,29,30). The van der Waals surface area contributed by atoms with Crippen molar-refractivity contribution in [2.45, 2.75) is 10.9 Å². The van der Waals surface area contributed by atoms with Gasteiger partial charge in [0.15, 0.2) is 6.61 Å². The minimum Gasteiger partial charge on any atom is -0.452 e. The number of hydrogen-bond acceptors (Lipinski definition) is 5. The highest BCUT2D eigenvalue weighted by Gasteiger charge is 2.20. The van der Waals surface area contributed by atoms with Crippen LogP contribution in [-0.4, -0.2) is 26.9 Å². The fraction of sp³-hybridized carbons (Fsp3) is 0.0909. The first-order chi connectivity index (χ1) is 15.1. The summed E-state index contributed by atoms with van der Waals surface area (Å²) in [5.74, 6) is -1.45. The molecule has 0 heterocycles. The molecule has 3 aromatic carbocycles. The van der Waals surface area contributed by atoms with Crippen LogP contribution in [0.15, 0.2) is 77.7 Å². The molecule has 1 unspecified atom stereocenters. The Morgan fingerprint density at radius 3 is 2.19 bits per heavy atom. The van der Waals surface area contributed by atoms with Gasteiger partial charge < -0.3 is 10.1 Å². The third-order valence-electron chi connectivity index (χ3n) is 4.45. The monoisotopic (exact) mass is 492 g/mol. The predicted molar refractivity (Wildman–Crippen MR) is 121 cm³/mol. The summed E-state index contributed by atoms with van der Waals surface area (Å²) < 4.78 is 28.2. The minimum atomic E-state index is -4.13. The molecule has 0 fully saturated rings. The van der Waals surface area contributed by atoms with E-state index in [0.717, 1.165) is 17.2 Å². The Morgan fingerprint density at radius 1 is 0.938 bits per heavy atom. The summed E-state index contributed by atoms with van der Waals surface area (Å²) in [5.41, 5.74) is 1.50. The highest BCUT2D eigenvalue weighted by Crippen LogP contribution is 2.24. The summed E-state index contributed by atoms with van der Waals surface area (Å²) in [6, 6.07) is 19.2. The van der Waals surface area contributed by atoms with E-state index in [9.17, 15) is 18.0 Å². The van der Waals surface area contributed by atoms with Gasteiger partial charge in [-0.3, -0.25) is 4.79 Å². The largest absolute Gasteiger partial charge is 0.452 e. The second kappa shape index (κ2) is 10.1. The lowest BCUT2D eigenvalue weighted by Crippen LogP contribution is -2.33. The fourth-order valence-electron chi connectivity index (χ4n) is 2.93. The number of halogens is 2. The van der Waals surface area contributed by atoms with E-state index in [0.29, 0.717) is 5.02 Å². The number of carbonyl (C=O) groups excluding carboxylic acids is 2. The third-order valence-corrected chi connectivity index (χ3v) is 6.09. The Bertz CT molecular complexity index is 1230. The zero-order valence-electron chi connectivity index (χ0n) is 16.5. The number of nitrogens with one attached hydrogen (secondary N) is 1. The lowest BCUT2D eigenvalue weighted by molar-refractivity contribution is -0.124. The number of rotatable bonds is 7. The lowest BCUT2D eigenvalue weighted by atomic mass is 9.99. The van der Waals surface area contributed by atoms with Crippen LogP contribution in [0.1, 0.15) is 27.5 Å². The van der Waals surface area contributed by atoms with Gasteiger partial charge in [-0.25, -0.2) is 18.4 Å². The average Bonchev–Trinajstić information content (AvgIpc) is 2.76. The first kappa shape index (κ1) is 23.7. The molecule has 1 amide bonds. The molecule has 10 heteroatoms. The normalized spacial score (nSPS) is 12.1. The van der Waals surface area contributed by atoms with E-state index in [1.807, 2.05) is 30.3 Å². The van der Waals surface area contributed by atoms with Crippen molar-refractivity contribution in [3.05, 3.63) is 99.5 Å². The Morgan fingerprint density at radius 2 is 1.56 bits per heavy atom. The second-order valence-electron chi connectivity index (χ2n) is 6.73. The average molecular weight is 493 g/mol. The van der Waals surface area contributed by atoms with E-state index in [2.05, 4.69) is 5.32 Å². The number of hydrogen-bond donors (Lipinski definition) is 2. The van der Waals surface area contributed by atoms with Crippen molar-refractivity contribution < 1.29 is 22.7 Å². The quantitative estimate of drug-likeness (QED) is 0.487. The van der Waals surface area contributed by atoms with Gasteiger partial charge in [0.2, 0.25) is 10.0 Å². The highest BCUT2D eigenvalue weighted by molar-refractivity contribution is 7.89. The number of nitrogens with two attached hydrogens (primary N) is 1. The predicted octanol–water partition coefficient (Wildman–Crippen LogP) is 3.70. The zero-order valence-corrected chi connectivity index (χ0v) is 18.8. The molecule has 3 rings (SSSR count). The van der Waals surface area contributed by atoms with E-state index in [4.69, 9.17) is 33.1 Å². The summed E-state index contributed by atoms with van der Waals surface area (Å²) in [4.78, 5) is 24.4. The number of carbonyl (C=O) groups is 2. The summed E-state index contributed by atoms with van der Waals surface area (Å²) in [6.07, 6.45) is 0. The van der Waals surface area contributed by atoms with Crippen molar-refractivity contribution in [3.8, 4) is 0 Å². The van der Waals surface area contributed by atoms with Gasteiger partial charge in [-0.05, 0) is 41.5 Å². The van der Waals surface area contributed by atoms with Crippen molar-refractivity contribution in [1.82, 2.24) is 5.32 Å². The molecule has 3 aromatic rings. The Labute approximate surface area is 195 Å². The van der Waals surface area contributed by atoms with Gasteiger partial charge in [-0.2, -0.15) is 0 Å². The summed E-state index contributed by atoms with van der Waals surface area (Å²) in [7, 11) is -4.13. The van der Waals surface area contributed by atoms with Crippen LogP contribution in [-0.2, 0) is 19.6 Å². The Kier molecular flexibility index (Phi) is 7.52. The van der Waals surface area contributed by atoms with Crippen LogP contribution in [0.4, 0.5) is 0 Å². The second-order valence-corrected chi connectivity index (χ2v) is 9.10. The maximum absolute atomic E-state index is 12.5. The van der Waals surface area contributed by atoms with E-state index >= 15 is 0 Å². The van der Waals surface area contributed by atoms with Crippen molar-refractivity contribution >= 4 is 45.1 Å². The number of esters is 1. The van der Waals surface area contributed by atoms with Gasteiger partial charge in [0.25, 0.3) is 5.91 Å². The van der Waals surface area contributed by atoms with Crippen molar-refractivity contribution in [1.29, 1.82) is 0 Å². The molecule has 0 aromatic heterocycles. The highest BCUT2D eigenvalue weighted by atomic mass is 35.5.